The summed E-state index contributed by atoms with van der Waals surface area (Å²) in [6, 6.07) is 49.3. The van der Waals surface area contributed by atoms with Crippen molar-refractivity contribution in [3.63, 3.8) is 0 Å². The summed E-state index contributed by atoms with van der Waals surface area (Å²) in [6.07, 6.45) is 15.2. The lowest BCUT2D eigenvalue weighted by molar-refractivity contribution is 0.440. The van der Waals surface area contributed by atoms with E-state index in [0.29, 0.717) is 11.8 Å². The maximum atomic E-state index is 7.21. The average molecular weight is 862 g/mol. The Morgan fingerprint density at radius 3 is 2.00 bits per heavy atom. The molecule has 13 rings (SSSR count). The first-order chi connectivity index (χ1) is 32.0. The summed E-state index contributed by atoms with van der Waals surface area (Å²) in [5.41, 5.74) is 25.2. The first-order valence-electron chi connectivity index (χ1n) is 24.5. The second-order valence-electron chi connectivity index (χ2n) is 19.8. The van der Waals surface area contributed by atoms with E-state index in [4.69, 9.17) is 4.74 Å². The van der Waals surface area contributed by atoms with Gasteiger partial charge < -0.3 is 15.0 Å². The first kappa shape index (κ1) is 39.6. The fourth-order valence-electron chi connectivity index (χ4n) is 12.9. The summed E-state index contributed by atoms with van der Waals surface area (Å²) in [4.78, 5) is 2.55. The zero-order valence-corrected chi connectivity index (χ0v) is 38.7. The standard InChI is InChI=1S/C57H54B3N3OS/c1-35-17-13-14-24-42(35)58-43-32-47-54(27-36(43)2)64-55-31-40(38-20-9-5-10-21-38)30-53-57(55)60(47)46-33-45-48(34-51(46)63(53)65-3)61-49-28-39(37-18-7-4-8-19-37)29-52-56(49)59(45)44-25-15-16-26-50(44)62(52)41-22-11-6-12-23-41/h6,11-17,22-34,37-38,58,61H,4-5,7-10,18-21H2,1-3H3. The van der Waals surface area contributed by atoms with Crippen LogP contribution in [0.1, 0.15) is 98.3 Å². The number of ether oxygens (including phenoxy) is 1. The van der Waals surface area contributed by atoms with Crippen molar-refractivity contribution >= 4 is 116 Å². The van der Waals surface area contributed by atoms with Gasteiger partial charge in [0.2, 0.25) is 0 Å². The lowest BCUT2D eigenvalue weighted by atomic mass is 9.30. The van der Waals surface area contributed by atoms with E-state index in [-0.39, 0.29) is 13.4 Å². The van der Waals surface area contributed by atoms with Gasteiger partial charge in [-0.3, -0.25) is 4.31 Å². The van der Waals surface area contributed by atoms with E-state index in [1.807, 2.05) is 11.9 Å². The number of nitrogens with zero attached hydrogens (tertiary/aromatic N) is 2. The van der Waals surface area contributed by atoms with Gasteiger partial charge in [-0.15, -0.1) is 0 Å². The molecule has 0 amide bonds. The van der Waals surface area contributed by atoms with Crippen molar-refractivity contribution in [2.75, 3.05) is 20.8 Å². The maximum absolute atomic E-state index is 7.21. The van der Waals surface area contributed by atoms with E-state index in [0.717, 1.165) is 18.8 Å². The third-order valence-corrected chi connectivity index (χ3v) is 16.9. The molecule has 2 fully saturated rings. The molecule has 0 bridgehead atoms. The molecule has 318 valence electrons. The predicted molar refractivity (Wildman–Crippen MR) is 283 cm³/mol. The second-order valence-corrected chi connectivity index (χ2v) is 20.6. The van der Waals surface area contributed by atoms with E-state index in [1.165, 1.54) is 170 Å². The van der Waals surface area contributed by atoms with Crippen molar-refractivity contribution in [2.45, 2.75) is 89.9 Å². The highest BCUT2D eigenvalue weighted by Crippen LogP contribution is 2.47. The number of rotatable bonds is 6. The number of hydrogen-bond acceptors (Lipinski definition) is 5. The molecule has 6 aliphatic rings. The van der Waals surface area contributed by atoms with Crippen molar-refractivity contribution < 1.29 is 4.74 Å². The van der Waals surface area contributed by atoms with Crippen LogP contribution in [0.4, 0.5) is 39.8 Å². The summed E-state index contributed by atoms with van der Waals surface area (Å²) in [7, 11) is 0.899. The Bertz CT molecular complexity index is 3050. The molecule has 0 saturated heterocycles. The smallest absolute Gasteiger partial charge is 0.256 e. The van der Waals surface area contributed by atoms with Gasteiger partial charge in [0.1, 0.15) is 11.5 Å². The van der Waals surface area contributed by atoms with Crippen LogP contribution in [0.15, 0.2) is 127 Å². The summed E-state index contributed by atoms with van der Waals surface area (Å²) < 4.78 is 9.75. The minimum Gasteiger partial charge on any atom is -0.458 e. The van der Waals surface area contributed by atoms with Gasteiger partial charge in [-0.2, -0.15) is 0 Å². The molecule has 2 saturated carbocycles. The van der Waals surface area contributed by atoms with E-state index in [2.05, 4.69) is 162 Å². The Morgan fingerprint density at radius 1 is 0.538 bits per heavy atom. The predicted octanol–water partition coefficient (Wildman–Crippen LogP) is 9.49. The van der Waals surface area contributed by atoms with Gasteiger partial charge in [-0.1, -0.05) is 133 Å². The zero-order chi connectivity index (χ0) is 43.3. The van der Waals surface area contributed by atoms with Crippen molar-refractivity contribution in [3.05, 3.63) is 150 Å². The Morgan fingerprint density at radius 2 is 1.23 bits per heavy atom. The van der Waals surface area contributed by atoms with Gasteiger partial charge in [0.25, 0.3) is 13.4 Å². The SMILES string of the molecule is CSN1c2cc3c(cc2B2c4cc(Bc5ccccc5C)c(C)cc4Oc4cc(C5CCCCC5)cc1c42)B1c2ccccc2N(c2ccccc2)c2cc(C4CCCCC4)cc(c21)N3. The number of fused-ring (bicyclic) bond motifs is 8. The Hall–Kier alpha value is -5.72. The Labute approximate surface area is 390 Å². The van der Waals surface area contributed by atoms with Gasteiger partial charge >= 0.3 is 0 Å². The van der Waals surface area contributed by atoms with Crippen molar-refractivity contribution in [1.82, 2.24) is 0 Å². The first-order valence-corrected chi connectivity index (χ1v) is 25.6. The minimum atomic E-state index is 0.0262. The molecular formula is C57H54B3N3OS. The van der Waals surface area contributed by atoms with Crippen LogP contribution in [0, 0.1) is 13.8 Å². The Kier molecular flexibility index (Phi) is 9.59. The molecule has 65 heavy (non-hydrogen) atoms. The molecule has 4 heterocycles. The molecular weight excluding hydrogens is 807 g/mol. The summed E-state index contributed by atoms with van der Waals surface area (Å²) in [6.45, 7) is 4.62. The lowest BCUT2D eigenvalue weighted by Crippen LogP contribution is -2.64. The molecule has 0 unspecified atom stereocenters. The normalized spacial score (nSPS) is 16.9. The molecule has 0 atom stereocenters. The molecule has 1 N–H and O–H groups in total. The molecule has 4 aliphatic heterocycles. The van der Waals surface area contributed by atoms with Crippen LogP contribution in [0.5, 0.6) is 11.5 Å². The van der Waals surface area contributed by atoms with Gasteiger partial charge in [0.15, 0.2) is 7.28 Å². The van der Waals surface area contributed by atoms with Gasteiger partial charge in [-0.25, -0.2) is 0 Å². The van der Waals surface area contributed by atoms with Gasteiger partial charge in [0, 0.05) is 40.4 Å². The number of anilines is 7. The molecule has 2 aliphatic carbocycles. The number of hydrogen-bond donors (Lipinski definition) is 1. The fourth-order valence-corrected chi connectivity index (χ4v) is 13.6. The van der Waals surface area contributed by atoms with Crippen LogP contribution < -0.4 is 63.0 Å². The largest absolute Gasteiger partial charge is 0.458 e. The molecule has 7 aromatic rings. The van der Waals surface area contributed by atoms with Crippen molar-refractivity contribution in [3.8, 4) is 11.5 Å². The third kappa shape index (κ3) is 6.37. The Balaban J connectivity index is 1.04. The van der Waals surface area contributed by atoms with Crippen molar-refractivity contribution in [1.29, 1.82) is 0 Å². The quantitative estimate of drug-likeness (QED) is 0.133. The molecule has 8 heteroatoms. The minimum absolute atomic E-state index is 0.0262. The molecule has 4 nitrogen and oxygen atoms in total. The van der Waals surface area contributed by atoms with Crippen LogP contribution in [0.2, 0.25) is 0 Å². The third-order valence-electron chi connectivity index (χ3n) is 16.1. The summed E-state index contributed by atoms with van der Waals surface area (Å²) >= 11 is 1.83. The van der Waals surface area contributed by atoms with Gasteiger partial charge in [0.05, 0.1) is 5.69 Å². The number of para-hydroxylation sites is 2. The second kappa shape index (κ2) is 15.7. The number of aryl methyl sites for hydroxylation is 2. The number of benzene rings is 7. The summed E-state index contributed by atoms with van der Waals surface area (Å²) in [5.74, 6) is 3.18. The highest BCUT2D eigenvalue weighted by Gasteiger charge is 2.46. The molecule has 7 aromatic carbocycles. The highest BCUT2D eigenvalue weighted by molar-refractivity contribution is 8.00. The van der Waals surface area contributed by atoms with Crippen LogP contribution in [0.25, 0.3) is 0 Å². The van der Waals surface area contributed by atoms with E-state index < -0.39 is 0 Å². The fraction of sp³-hybridized carbons (Fsp3) is 0.263. The maximum Gasteiger partial charge on any atom is 0.256 e. The average Bonchev–Trinajstić information content (AvgIpc) is 3.35. The van der Waals surface area contributed by atoms with Crippen LogP contribution in [-0.2, 0) is 0 Å². The zero-order valence-electron chi connectivity index (χ0n) is 37.9. The van der Waals surface area contributed by atoms with Crippen LogP contribution in [-0.4, -0.2) is 27.0 Å². The lowest BCUT2D eigenvalue weighted by Gasteiger charge is -2.43. The highest BCUT2D eigenvalue weighted by atomic mass is 32.2. The monoisotopic (exact) mass is 861 g/mol. The number of nitrogens with one attached hydrogen (secondary N) is 1. The van der Waals surface area contributed by atoms with E-state index in [1.54, 1.807) is 0 Å². The van der Waals surface area contributed by atoms with Crippen molar-refractivity contribution in [2.24, 2.45) is 0 Å². The van der Waals surface area contributed by atoms with E-state index in [9.17, 15) is 0 Å². The van der Waals surface area contributed by atoms with Gasteiger partial charge in [-0.05, 0) is 162 Å². The summed E-state index contributed by atoms with van der Waals surface area (Å²) in [5, 5.41) is 4.18. The van der Waals surface area contributed by atoms with E-state index >= 15 is 0 Å². The molecule has 0 spiro atoms. The molecule has 0 aromatic heterocycles. The topological polar surface area (TPSA) is 27.7 Å². The van der Waals surface area contributed by atoms with Crippen LogP contribution in [0.3, 0.4) is 0 Å². The molecule has 0 radical (unpaired) electrons. The van der Waals surface area contributed by atoms with Crippen LogP contribution >= 0.6 is 11.9 Å².